The normalized spacial score (nSPS) is 12.6. The van der Waals surface area contributed by atoms with E-state index < -0.39 is 6.10 Å². The van der Waals surface area contributed by atoms with Crippen LogP contribution in [0.4, 0.5) is 0 Å². The van der Waals surface area contributed by atoms with E-state index in [-0.39, 0.29) is 0 Å². The van der Waals surface area contributed by atoms with Crippen molar-refractivity contribution in [1.82, 2.24) is 10.5 Å². The third-order valence-electron chi connectivity index (χ3n) is 2.55. The van der Waals surface area contributed by atoms with Gasteiger partial charge >= 0.3 is 0 Å². The monoisotopic (exact) mass is 310 g/mol. The first-order chi connectivity index (χ1) is 8.65. The molecule has 0 fully saturated rings. The molecule has 2 rings (SSSR count). The fourth-order valence-corrected chi connectivity index (χ4v) is 2.09. The molecule has 4 nitrogen and oxygen atoms in total. The SMILES string of the molecule is Cc1cc(CNCC(O)c2cccc(Br)c2)no1. The molecule has 1 unspecified atom stereocenters. The number of hydrogen-bond acceptors (Lipinski definition) is 4. The van der Waals surface area contributed by atoms with Crippen LogP contribution in [0.3, 0.4) is 0 Å². The molecule has 1 aromatic carbocycles. The van der Waals surface area contributed by atoms with Crippen molar-refractivity contribution in [2.45, 2.75) is 19.6 Å². The third-order valence-corrected chi connectivity index (χ3v) is 3.05. The van der Waals surface area contributed by atoms with Crippen LogP contribution in [0.5, 0.6) is 0 Å². The number of aliphatic hydroxyl groups excluding tert-OH is 1. The summed E-state index contributed by atoms with van der Waals surface area (Å²) in [5.74, 6) is 0.791. The zero-order valence-electron chi connectivity index (χ0n) is 10.1. The Morgan fingerprint density at radius 2 is 2.28 bits per heavy atom. The first kappa shape index (κ1) is 13.3. The Labute approximate surface area is 114 Å². The van der Waals surface area contributed by atoms with Gasteiger partial charge in [0.05, 0.1) is 11.8 Å². The predicted octanol–water partition coefficient (Wildman–Crippen LogP) is 2.57. The number of nitrogens with one attached hydrogen (secondary N) is 1. The maximum Gasteiger partial charge on any atom is 0.133 e. The van der Waals surface area contributed by atoms with Gasteiger partial charge in [0.25, 0.3) is 0 Å². The summed E-state index contributed by atoms with van der Waals surface area (Å²) in [6, 6.07) is 9.52. The molecule has 2 N–H and O–H groups in total. The second-order valence-electron chi connectivity index (χ2n) is 4.13. The Morgan fingerprint density at radius 3 is 2.94 bits per heavy atom. The van der Waals surface area contributed by atoms with Gasteiger partial charge < -0.3 is 14.9 Å². The fraction of sp³-hybridized carbons (Fsp3) is 0.308. The van der Waals surface area contributed by atoms with E-state index in [1.807, 2.05) is 37.3 Å². The van der Waals surface area contributed by atoms with Crippen LogP contribution < -0.4 is 5.32 Å². The largest absolute Gasteiger partial charge is 0.387 e. The Bertz CT molecular complexity index is 513. The van der Waals surface area contributed by atoms with Gasteiger partial charge in [0, 0.05) is 23.6 Å². The summed E-state index contributed by atoms with van der Waals surface area (Å²) in [4.78, 5) is 0. The lowest BCUT2D eigenvalue weighted by Gasteiger charge is -2.11. The minimum absolute atomic E-state index is 0.475. The standard InChI is InChI=1S/C13H15BrN2O2/c1-9-5-12(16-18-9)7-15-8-13(17)10-3-2-4-11(14)6-10/h2-6,13,15,17H,7-8H2,1H3. The van der Waals surface area contributed by atoms with Crippen LogP contribution in [-0.4, -0.2) is 16.8 Å². The molecule has 1 heterocycles. The average Bonchev–Trinajstić information content (AvgIpc) is 2.75. The lowest BCUT2D eigenvalue weighted by Crippen LogP contribution is -2.21. The van der Waals surface area contributed by atoms with Gasteiger partial charge in [-0.25, -0.2) is 0 Å². The van der Waals surface area contributed by atoms with Crippen LogP contribution in [0.1, 0.15) is 23.1 Å². The number of benzene rings is 1. The highest BCUT2D eigenvalue weighted by molar-refractivity contribution is 9.10. The molecule has 0 aliphatic carbocycles. The van der Waals surface area contributed by atoms with Crippen LogP contribution in [0.2, 0.25) is 0 Å². The Balaban J connectivity index is 1.83. The number of rotatable bonds is 5. The number of aliphatic hydroxyl groups is 1. The van der Waals surface area contributed by atoms with Crippen molar-refractivity contribution in [3.63, 3.8) is 0 Å². The molecular weight excluding hydrogens is 296 g/mol. The van der Waals surface area contributed by atoms with Crippen molar-refractivity contribution in [2.75, 3.05) is 6.54 Å². The number of nitrogens with zero attached hydrogens (tertiary/aromatic N) is 1. The zero-order valence-corrected chi connectivity index (χ0v) is 11.6. The summed E-state index contributed by atoms with van der Waals surface area (Å²) < 4.78 is 5.93. The van der Waals surface area contributed by atoms with Crippen molar-refractivity contribution in [2.24, 2.45) is 0 Å². The lowest BCUT2D eigenvalue weighted by molar-refractivity contribution is 0.174. The number of hydrogen-bond donors (Lipinski definition) is 2. The molecule has 1 atom stereocenters. The Morgan fingerprint density at radius 1 is 1.44 bits per heavy atom. The van der Waals surface area contributed by atoms with Gasteiger partial charge in [0.1, 0.15) is 5.76 Å². The topological polar surface area (TPSA) is 58.3 Å². The van der Waals surface area contributed by atoms with Crippen molar-refractivity contribution in [3.05, 3.63) is 51.8 Å². The first-order valence-electron chi connectivity index (χ1n) is 5.71. The minimum atomic E-state index is -0.532. The number of aromatic nitrogens is 1. The van der Waals surface area contributed by atoms with E-state index >= 15 is 0 Å². The summed E-state index contributed by atoms with van der Waals surface area (Å²) in [5.41, 5.74) is 1.72. The van der Waals surface area contributed by atoms with Crippen LogP contribution in [0.15, 0.2) is 39.3 Å². The van der Waals surface area contributed by atoms with E-state index in [9.17, 15) is 5.11 Å². The highest BCUT2D eigenvalue weighted by Crippen LogP contribution is 2.17. The van der Waals surface area contributed by atoms with Crippen molar-refractivity contribution in [3.8, 4) is 0 Å². The van der Waals surface area contributed by atoms with Crippen molar-refractivity contribution < 1.29 is 9.63 Å². The highest BCUT2D eigenvalue weighted by atomic mass is 79.9. The number of aryl methyl sites for hydroxylation is 1. The van der Waals surface area contributed by atoms with E-state index in [2.05, 4.69) is 26.4 Å². The molecular formula is C13H15BrN2O2. The third kappa shape index (κ3) is 3.66. The molecule has 0 bridgehead atoms. The van der Waals surface area contributed by atoms with Gasteiger partial charge in [-0.1, -0.05) is 33.2 Å². The quantitative estimate of drug-likeness (QED) is 0.891. The van der Waals surface area contributed by atoms with Crippen molar-refractivity contribution in [1.29, 1.82) is 0 Å². The molecule has 0 radical (unpaired) electrons. The minimum Gasteiger partial charge on any atom is -0.387 e. The summed E-state index contributed by atoms with van der Waals surface area (Å²) in [6.07, 6.45) is -0.532. The average molecular weight is 311 g/mol. The second kappa shape index (κ2) is 6.13. The molecule has 96 valence electrons. The maximum absolute atomic E-state index is 10.0. The van der Waals surface area contributed by atoms with E-state index in [4.69, 9.17) is 4.52 Å². The predicted molar refractivity (Wildman–Crippen MR) is 72.0 cm³/mol. The molecule has 0 aliphatic heterocycles. The van der Waals surface area contributed by atoms with Gasteiger partial charge in [-0.2, -0.15) is 0 Å². The van der Waals surface area contributed by atoms with E-state index in [1.165, 1.54) is 0 Å². The molecule has 2 aromatic rings. The van der Waals surface area contributed by atoms with Gasteiger partial charge in [-0.3, -0.25) is 0 Å². The molecule has 0 amide bonds. The second-order valence-corrected chi connectivity index (χ2v) is 5.05. The highest BCUT2D eigenvalue weighted by Gasteiger charge is 2.08. The smallest absolute Gasteiger partial charge is 0.133 e. The molecule has 18 heavy (non-hydrogen) atoms. The molecule has 0 spiro atoms. The van der Waals surface area contributed by atoms with Crippen LogP contribution >= 0.6 is 15.9 Å². The van der Waals surface area contributed by atoms with Crippen molar-refractivity contribution >= 4 is 15.9 Å². The first-order valence-corrected chi connectivity index (χ1v) is 6.51. The molecule has 1 aromatic heterocycles. The lowest BCUT2D eigenvalue weighted by atomic mass is 10.1. The van der Waals surface area contributed by atoms with Gasteiger partial charge in [0.15, 0.2) is 0 Å². The van der Waals surface area contributed by atoms with Gasteiger partial charge in [-0.15, -0.1) is 0 Å². The Kier molecular flexibility index (Phi) is 4.52. The fourth-order valence-electron chi connectivity index (χ4n) is 1.67. The van der Waals surface area contributed by atoms with Crippen LogP contribution in [0, 0.1) is 6.92 Å². The Hall–Kier alpha value is -1.17. The molecule has 0 saturated carbocycles. The van der Waals surface area contributed by atoms with Gasteiger partial charge in [0.2, 0.25) is 0 Å². The number of halogens is 1. The summed E-state index contributed by atoms with van der Waals surface area (Å²) in [5, 5.41) is 17.0. The summed E-state index contributed by atoms with van der Waals surface area (Å²) >= 11 is 3.38. The van der Waals surface area contributed by atoms with E-state index in [1.54, 1.807) is 0 Å². The maximum atomic E-state index is 10.0. The van der Waals surface area contributed by atoms with E-state index in [0.29, 0.717) is 13.1 Å². The van der Waals surface area contributed by atoms with Crippen LogP contribution in [0.25, 0.3) is 0 Å². The van der Waals surface area contributed by atoms with E-state index in [0.717, 1.165) is 21.5 Å². The zero-order chi connectivity index (χ0) is 13.0. The van der Waals surface area contributed by atoms with Gasteiger partial charge in [-0.05, 0) is 24.6 Å². The summed E-state index contributed by atoms with van der Waals surface area (Å²) in [6.45, 7) is 2.91. The van der Waals surface area contributed by atoms with Crippen LogP contribution in [-0.2, 0) is 6.54 Å². The molecule has 5 heteroatoms. The molecule has 0 saturated heterocycles. The molecule has 0 aliphatic rings. The summed E-state index contributed by atoms with van der Waals surface area (Å²) in [7, 11) is 0.